The molecule has 5 nitrogen and oxygen atoms in total. The molecule has 2 N–H and O–H groups in total. The van der Waals surface area contributed by atoms with E-state index in [9.17, 15) is 4.79 Å². The summed E-state index contributed by atoms with van der Waals surface area (Å²) in [6, 6.07) is 14.2. The minimum absolute atomic E-state index is 0.0678. The van der Waals surface area contributed by atoms with Gasteiger partial charge in [0.15, 0.2) is 0 Å². The summed E-state index contributed by atoms with van der Waals surface area (Å²) in [4.78, 5) is 14.5. The maximum Gasteiger partial charge on any atom is 0.257 e. The number of aryl methyl sites for hydroxylation is 1. The van der Waals surface area contributed by atoms with Gasteiger partial charge in [-0.15, -0.1) is 0 Å². The van der Waals surface area contributed by atoms with Crippen molar-refractivity contribution in [2.24, 2.45) is 0 Å². The van der Waals surface area contributed by atoms with Gasteiger partial charge in [0.25, 0.3) is 5.91 Å². The van der Waals surface area contributed by atoms with Gasteiger partial charge in [0.2, 0.25) is 0 Å². The number of ether oxygens (including phenoxy) is 1. The molecule has 128 valence electrons. The van der Waals surface area contributed by atoms with Crippen molar-refractivity contribution in [2.75, 3.05) is 41.8 Å². The van der Waals surface area contributed by atoms with Gasteiger partial charge in [-0.1, -0.05) is 12.1 Å². The zero-order valence-corrected chi connectivity index (χ0v) is 14.2. The number of rotatable bonds is 3. The van der Waals surface area contributed by atoms with E-state index < -0.39 is 0 Å². The van der Waals surface area contributed by atoms with Crippen molar-refractivity contribution in [1.82, 2.24) is 0 Å². The van der Waals surface area contributed by atoms with E-state index in [1.807, 2.05) is 37.3 Å². The minimum atomic E-state index is -0.0678. The summed E-state index contributed by atoms with van der Waals surface area (Å²) in [5, 5.41) is 6.16. The van der Waals surface area contributed by atoms with Gasteiger partial charge in [0.05, 0.1) is 18.8 Å². The van der Waals surface area contributed by atoms with Gasteiger partial charge in [-0.2, -0.15) is 0 Å². The lowest BCUT2D eigenvalue weighted by Crippen LogP contribution is -2.36. The molecule has 0 saturated carbocycles. The number of carbonyl (C=O) groups excluding carboxylic acids is 1. The standard InChI is InChI=1S/C20H21N3O2/c1-14-3-2-4-18-19(14)17(20(24)22-18)13-21-15-5-7-16(8-6-15)23-9-11-25-12-10-23/h2-8,13,21H,9-12H2,1H3,(H,22,24). The monoisotopic (exact) mass is 335 g/mol. The van der Waals surface area contributed by atoms with Crippen LogP contribution in [0.5, 0.6) is 0 Å². The lowest BCUT2D eigenvalue weighted by molar-refractivity contribution is -0.110. The number of amides is 1. The zero-order valence-electron chi connectivity index (χ0n) is 14.2. The molecule has 1 amide bonds. The van der Waals surface area contributed by atoms with Crippen molar-refractivity contribution in [2.45, 2.75) is 6.92 Å². The van der Waals surface area contributed by atoms with Gasteiger partial charge < -0.3 is 20.3 Å². The van der Waals surface area contributed by atoms with E-state index in [4.69, 9.17) is 4.74 Å². The Morgan fingerprint density at radius 2 is 1.88 bits per heavy atom. The Bertz CT molecular complexity index is 821. The van der Waals surface area contributed by atoms with Crippen molar-refractivity contribution < 1.29 is 9.53 Å². The molecule has 2 aromatic carbocycles. The van der Waals surface area contributed by atoms with Gasteiger partial charge in [-0.05, 0) is 42.8 Å². The fourth-order valence-electron chi connectivity index (χ4n) is 3.32. The van der Waals surface area contributed by atoms with Gasteiger partial charge in [0.1, 0.15) is 0 Å². The highest BCUT2D eigenvalue weighted by atomic mass is 16.5. The van der Waals surface area contributed by atoms with Crippen LogP contribution in [-0.2, 0) is 9.53 Å². The molecule has 2 aliphatic rings. The molecular weight excluding hydrogens is 314 g/mol. The normalized spacial score (nSPS) is 18.2. The van der Waals surface area contributed by atoms with Crippen LogP contribution >= 0.6 is 0 Å². The molecule has 2 heterocycles. The van der Waals surface area contributed by atoms with Crippen LogP contribution < -0.4 is 15.5 Å². The summed E-state index contributed by atoms with van der Waals surface area (Å²) in [6.45, 7) is 5.42. The molecule has 0 bridgehead atoms. The second-order valence-electron chi connectivity index (χ2n) is 6.30. The van der Waals surface area contributed by atoms with Crippen LogP contribution in [0.4, 0.5) is 17.1 Å². The highest BCUT2D eigenvalue weighted by Crippen LogP contribution is 2.34. The third-order valence-corrected chi connectivity index (χ3v) is 4.66. The van der Waals surface area contributed by atoms with E-state index in [1.54, 1.807) is 6.20 Å². The van der Waals surface area contributed by atoms with Crippen LogP contribution in [0.3, 0.4) is 0 Å². The number of hydrogen-bond donors (Lipinski definition) is 2. The maximum atomic E-state index is 12.2. The summed E-state index contributed by atoms with van der Waals surface area (Å²) in [7, 11) is 0. The number of fused-ring (bicyclic) bond motifs is 1. The Balaban J connectivity index is 1.51. The summed E-state index contributed by atoms with van der Waals surface area (Å²) < 4.78 is 5.39. The lowest BCUT2D eigenvalue weighted by atomic mass is 10.0. The second kappa shape index (κ2) is 6.61. The van der Waals surface area contributed by atoms with E-state index in [-0.39, 0.29) is 5.91 Å². The van der Waals surface area contributed by atoms with Crippen LogP contribution in [0.25, 0.3) is 5.57 Å². The summed E-state index contributed by atoms with van der Waals surface area (Å²) >= 11 is 0. The summed E-state index contributed by atoms with van der Waals surface area (Å²) in [5.74, 6) is -0.0678. The van der Waals surface area contributed by atoms with E-state index in [0.29, 0.717) is 5.57 Å². The first-order valence-electron chi connectivity index (χ1n) is 8.53. The first kappa shape index (κ1) is 15.7. The van der Waals surface area contributed by atoms with Crippen LogP contribution in [0.2, 0.25) is 0 Å². The summed E-state index contributed by atoms with van der Waals surface area (Å²) in [6.07, 6.45) is 1.79. The SMILES string of the molecule is Cc1cccc2c1C(=CNc1ccc(N3CCOCC3)cc1)C(=O)N2. The molecule has 0 aromatic heterocycles. The van der Waals surface area contributed by atoms with Crippen LogP contribution in [0, 0.1) is 6.92 Å². The van der Waals surface area contributed by atoms with E-state index in [1.165, 1.54) is 5.69 Å². The van der Waals surface area contributed by atoms with Crippen molar-refractivity contribution in [3.63, 3.8) is 0 Å². The first-order valence-corrected chi connectivity index (χ1v) is 8.53. The molecule has 0 aliphatic carbocycles. The number of hydrogen-bond acceptors (Lipinski definition) is 4. The van der Waals surface area contributed by atoms with Gasteiger partial charge in [0, 0.05) is 41.9 Å². The fraction of sp³-hybridized carbons (Fsp3) is 0.250. The number of nitrogens with one attached hydrogen (secondary N) is 2. The lowest BCUT2D eigenvalue weighted by Gasteiger charge is -2.28. The van der Waals surface area contributed by atoms with E-state index in [0.717, 1.165) is 48.8 Å². The van der Waals surface area contributed by atoms with Crippen LogP contribution in [0.1, 0.15) is 11.1 Å². The van der Waals surface area contributed by atoms with Crippen molar-refractivity contribution >= 4 is 28.5 Å². The Morgan fingerprint density at radius 1 is 1.12 bits per heavy atom. The van der Waals surface area contributed by atoms with Gasteiger partial charge in [-0.3, -0.25) is 4.79 Å². The van der Waals surface area contributed by atoms with Crippen molar-refractivity contribution in [1.29, 1.82) is 0 Å². The summed E-state index contributed by atoms with van der Waals surface area (Å²) in [5.41, 5.74) is 5.77. The average Bonchev–Trinajstić information content (AvgIpc) is 2.98. The number of anilines is 3. The molecule has 4 rings (SSSR count). The predicted octanol–water partition coefficient (Wildman–Crippen LogP) is 3.24. The van der Waals surface area contributed by atoms with Gasteiger partial charge >= 0.3 is 0 Å². The van der Waals surface area contributed by atoms with Crippen molar-refractivity contribution in [3.05, 3.63) is 59.8 Å². The number of morpholine rings is 1. The third kappa shape index (κ3) is 3.10. The molecular formula is C20H21N3O2. The zero-order chi connectivity index (χ0) is 17.2. The molecule has 1 fully saturated rings. The molecule has 0 radical (unpaired) electrons. The second-order valence-corrected chi connectivity index (χ2v) is 6.30. The quantitative estimate of drug-likeness (QED) is 0.846. The third-order valence-electron chi connectivity index (χ3n) is 4.66. The molecule has 0 spiro atoms. The van der Waals surface area contributed by atoms with Gasteiger partial charge in [-0.25, -0.2) is 0 Å². The van der Waals surface area contributed by atoms with E-state index >= 15 is 0 Å². The highest BCUT2D eigenvalue weighted by Gasteiger charge is 2.25. The largest absolute Gasteiger partial charge is 0.378 e. The molecule has 0 unspecified atom stereocenters. The van der Waals surface area contributed by atoms with Crippen molar-refractivity contribution in [3.8, 4) is 0 Å². The molecule has 1 saturated heterocycles. The fourth-order valence-corrected chi connectivity index (χ4v) is 3.32. The smallest absolute Gasteiger partial charge is 0.257 e. The topological polar surface area (TPSA) is 53.6 Å². The van der Waals surface area contributed by atoms with Crippen LogP contribution in [0.15, 0.2) is 48.7 Å². The number of carbonyl (C=O) groups is 1. The molecule has 2 aliphatic heterocycles. The highest BCUT2D eigenvalue weighted by molar-refractivity contribution is 6.32. The van der Waals surface area contributed by atoms with Crippen LogP contribution in [-0.4, -0.2) is 32.2 Å². The molecule has 25 heavy (non-hydrogen) atoms. The number of benzene rings is 2. The minimum Gasteiger partial charge on any atom is -0.378 e. The molecule has 5 heteroatoms. The maximum absolute atomic E-state index is 12.2. The molecule has 2 aromatic rings. The predicted molar refractivity (Wildman–Crippen MR) is 101 cm³/mol. The first-order chi connectivity index (χ1) is 12.2. The average molecular weight is 335 g/mol. The Morgan fingerprint density at radius 3 is 2.64 bits per heavy atom. The van der Waals surface area contributed by atoms with E-state index in [2.05, 4.69) is 27.7 Å². The molecule has 0 atom stereocenters. The Hall–Kier alpha value is -2.79. The number of nitrogens with zero attached hydrogens (tertiary/aromatic N) is 1. The Kier molecular flexibility index (Phi) is 4.15. The Labute approximate surface area is 147 Å².